The van der Waals surface area contributed by atoms with E-state index < -0.39 is 0 Å². The molecule has 0 radical (unpaired) electrons. The molecule has 2 aliphatic heterocycles. The van der Waals surface area contributed by atoms with E-state index in [1.54, 1.807) is 11.3 Å². The molecule has 3 nitrogen and oxygen atoms in total. The van der Waals surface area contributed by atoms with Gasteiger partial charge in [-0.3, -0.25) is 0 Å². The summed E-state index contributed by atoms with van der Waals surface area (Å²) in [5, 5.41) is 5.93. The third-order valence-electron chi connectivity index (χ3n) is 4.48. The maximum absolute atomic E-state index is 5.61. The van der Waals surface area contributed by atoms with Gasteiger partial charge in [-0.05, 0) is 41.5 Å². The fourth-order valence-electron chi connectivity index (χ4n) is 3.29. The third kappa shape index (κ3) is 2.23. The molecule has 0 bridgehead atoms. The van der Waals surface area contributed by atoms with Crippen LogP contribution in [0.15, 0.2) is 35.7 Å². The second-order valence-corrected chi connectivity index (χ2v) is 6.71. The summed E-state index contributed by atoms with van der Waals surface area (Å²) in [6, 6.07) is 11.0. The first-order valence-corrected chi connectivity index (χ1v) is 8.31. The molecular weight excluding hydrogens is 282 g/mol. The van der Waals surface area contributed by atoms with Gasteiger partial charge in [0.05, 0.1) is 23.6 Å². The van der Waals surface area contributed by atoms with Crippen LogP contribution in [0.2, 0.25) is 0 Å². The number of nitrogens with one attached hydrogen (secondary N) is 1. The molecule has 1 atom stereocenters. The quantitative estimate of drug-likeness (QED) is 0.924. The van der Waals surface area contributed by atoms with Gasteiger partial charge < -0.3 is 14.8 Å². The first-order valence-electron chi connectivity index (χ1n) is 7.43. The molecule has 1 N–H and O–H groups in total. The Morgan fingerprint density at radius 2 is 2.05 bits per heavy atom. The van der Waals surface area contributed by atoms with Gasteiger partial charge in [0.15, 0.2) is 6.29 Å². The molecule has 110 valence electrons. The predicted octanol–water partition coefficient (Wildman–Crippen LogP) is 3.20. The fraction of sp³-hybridized carbons (Fsp3) is 0.412. The van der Waals surface area contributed by atoms with Crippen molar-refractivity contribution < 1.29 is 9.47 Å². The van der Waals surface area contributed by atoms with Gasteiger partial charge in [-0.15, -0.1) is 11.3 Å². The van der Waals surface area contributed by atoms with Gasteiger partial charge in [-0.25, -0.2) is 0 Å². The van der Waals surface area contributed by atoms with E-state index in [2.05, 4.69) is 48.0 Å². The number of hydrogen-bond acceptors (Lipinski definition) is 4. The molecule has 1 fully saturated rings. The average molecular weight is 301 g/mol. The summed E-state index contributed by atoms with van der Waals surface area (Å²) < 4.78 is 11.2. The fourth-order valence-corrected chi connectivity index (χ4v) is 4.30. The predicted molar refractivity (Wildman–Crippen MR) is 83.6 cm³/mol. The molecule has 2 aliphatic rings. The van der Waals surface area contributed by atoms with Crippen LogP contribution < -0.4 is 5.32 Å². The Morgan fingerprint density at radius 3 is 2.90 bits per heavy atom. The van der Waals surface area contributed by atoms with Crippen molar-refractivity contribution in [1.29, 1.82) is 0 Å². The van der Waals surface area contributed by atoms with E-state index in [4.69, 9.17) is 9.47 Å². The van der Waals surface area contributed by atoms with Gasteiger partial charge in [0.25, 0.3) is 0 Å². The molecule has 4 heteroatoms. The zero-order valence-corrected chi connectivity index (χ0v) is 12.9. The molecular formula is C17H19NO2S. The van der Waals surface area contributed by atoms with Gasteiger partial charge in [0, 0.05) is 6.54 Å². The lowest BCUT2D eigenvalue weighted by atomic mass is 9.80. The summed E-state index contributed by atoms with van der Waals surface area (Å²) in [4.78, 5) is 1.16. The number of thiophene rings is 1. The second kappa shape index (κ2) is 5.21. The highest BCUT2D eigenvalue weighted by Crippen LogP contribution is 2.39. The van der Waals surface area contributed by atoms with Crippen molar-refractivity contribution in [3.8, 4) is 0 Å². The van der Waals surface area contributed by atoms with E-state index in [0.29, 0.717) is 13.2 Å². The van der Waals surface area contributed by atoms with Crippen LogP contribution in [0.5, 0.6) is 0 Å². The van der Waals surface area contributed by atoms with Crippen molar-refractivity contribution in [3.05, 3.63) is 57.3 Å². The summed E-state index contributed by atoms with van der Waals surface area (Å²) >= 11 is 1.72. The van der Waals surface area contributed by atoms with Crippen LogP contribution in [-0.2, 0) is 21.4 Å². The van der Waals surface area contributed by atoms with Gasteiger partial charge in [0.1, 0.15) is 0 Å². The molecule has 1 saturated heterocycles. The molecule has 1 unspecified atom stereocenters. The van der Waals surface area contributed by atoms with Crippen LogP contribution in [0.25, 0.3) is 0 Å². The molecule has 4 rings (SSSR count). The van der Waals surface area contributed by atoms with Crippen molar-refractivity contribution >= 4 is 11.3 Å². The summed E-state index contributed by atoms with van der Waals surface area (Å²) in [6.45, 7) is 4.66. The standard InChI is InChI=1S/C17H19NO2S/c1-17(14-5-3-2-4-12(14)6-7-18-17)13-10-15(21-11-13)16-19-8-9-20-16/h2-5,10-11,16,18H,6-9H2,1H3. The van der Waals surface area contributed by atoms with E-state index in [1.165, 1.54) is 16.7 Å². The Balaban J connectivity index is 1.72. The average Bonchev–Trinajstić information content (AvgIpc) is 3.19. The number of benzene rings is 1. The minimum Gasteiger partial charge on any atom is -0.345 e. The molecule has 3 heterocycles. The lowest BCUT2D eigenvalue weighted by Crippen LogP contribution is -2.45. The largest absolute Gasteiger partial charge is 0.345 e. The Labute approximate surface area is 128 Å². The van der Waals surface area contributed by atoms with E-state index in [0.717, 1.165) is 17.8 Å². The highest BCUT2D eigenvalue weighted by atomic mass is 32.1. The Kier molecular flexibility index (Phi) is 3.34. The van der Waals surface area contributed by atoms with Crippen molar-refractivity contribution in [2.24, 2.45) is 0 Å². The van der Waals surface area contributed by atoms with Crippen molar-refractivity contribution in [2.75, 3.05) is 19.8 Å². The zero-order valence-electron chi connectivity index (χ0n) is 12.1. The van der Waals surface area contributed by atoms with E-state index in [-0.39, 0.29) is 11.8 Å². The molecule has 21 heavy (non-hydrogen) atoms. The van der Waals surface area contributed by atoms with Gasteiger partial charge in [-0.2, -0.15) is 0 Å². The second-order valence-electron chi connectivity index (χ2n) is 5.77. The monoisotopic (exact) mass is 301 g/mol. The van der Waals surface area contributed by atoms with Gasteiger partial charge in [-0.1, -0.05) is 24.3 Å². The molecule has 2 aromatic rings. The summed E-state index contributed by atoms with van der Waals surface area (Å²) in [7, 11) is 0. The Bertz CT molecular complexity index is 648. The lowest BCUT2D eigenvalue weighted by molar-refractivity contribution is -0.0413. The van der Waals surface area contributed by atoms with E-state index >= 15 is 0 Å². The first-order chi connectivity index (χ1) is 10.3. The topological polar surface area (TPSA) is 30.5 Å². The molecule has 1 aromatic heterocycles. The highest BCUT2D eigenvalue weighted by molar-refractivity contribution is 7.10. The SMILES string of the molecule is CC1(c2csc(C3OCCO3)c2)NCCc2ccccc21. The first kappa shape index (κ1) is 13.5. The van der Waals surface area contributed by atoms with Crippen LogP contribution in [0.4, 0.5) is 0 Å². The smallest absolute Gasteiger partial charge is 0.193 e. The Hall–Kier alpha value is -1.20. The number of ether oxygens (including phenoxy) is 2. The maximum Gasteiger partial charge on any atom is 0.193 e. The van der Waals surface area contributed by atoms with Crippen LogP contribution in [0, 0.1) is 0 Å². The number of hydrogen-bond donors (Lipinski definition) is 1. The lowest BCUT2D eigenvalue weighted by Gasteiger charge is -2.37. The molecule has 0 spiro atoms. The van der Waals surface area contributed by atoms with Crippen LogP contribution in [0.1, 0.15) is 34.8 Å². The molecule has 1 aromatic carbocycles. The highest BCUT2D eigenvalue weighted by Gasteiger charge is 2.34. The minimum atomic E-state index is -0.175. The summed E-state index contributed by atoms with van der Waals surface area (Å²) in [5.74, 6) is 0. The van der Waals surface area contributed by atoms with Gasteiger partial charge >= 0.3 is 0 Å². The minimum absolute atomic E-state index is 0.123. The molecule has 0 amide bonds. The number of fused-ring (bicyclic) bond motifs is 1. The summed E-state index contributed by atoms with van der Waals surface area (Å²) in [5.41, 5.74) is 4.00. The van der Waals surface area contributed by atoms with Gasteiger partial charge in [0.2, 0.25) is 0 Å². The number of rotatable bonds is 2. The van der Waals surface area contributed by atoms with E-state index in [9.17, 15) is 0 Å². The van der Waals surface area contributed by atoms with Crippen molar-refractivity contribution in [1.82, 2.24) is 5.32 Å². The molecule has 0 aliphatic carbocycles. The van der Waals surface area contributed by atoms with Crippen LogP contribution in [-0.4, -0.2) is 19.8 Å². The summed E-state index contributed by atoms with van der Waals surface area (Å²) in [6.07, 6.45) is 0.920. The van der Waals surface area contributed by atoms with Crippen LogP contribution in [0.3, 0.4) is 0 Å². The maximum atomic E-state index is 5.61. The normalized spacial score (nSPS) is 26.0. The van der Waals surface area contributed by atoms with E-state index in [1.807, 2.05) is 0 Å². The van der Waals surface area contributed by atoms with Crippen molar-refractivity contribution in [3.63, 3.8) is 0 Å². The van der Waals surface area contributed by atoms with Crippen molar-refractivity contribution in [2.45, 2.75) is 25.2 Å². The molecule has 0 saturated carbocycles. The zero-order chi connectivity index (χ0) is 14.3. The van der Waals surface area contributed by atoms with Crippen LogP contribution >= 0.6 is 11.3 Å². The Morgan fingerprint density at radius 1 is 1.24 bits per heavy atom. The third-order valence-corrected chi connectivity index (χ3v) is 5.43.